The van der Waals surface area contributed by atoms with Gasteiger partial charge in [-0.3, -0.25) is 0 Å². The van der Waals surface area contributed by atoms with Gasteiger partial charge in [0.2, 0.25) is 0 Å². The van der Waals surface area contributed by atoms with E-state index < -0.39 is 40.3 Å². The Morgan fingerprint density at radius 3 is 1.90 bits per heavy atom. The molecule has 0 unspecified atom stereocenters. The van der Waals surface area contributed by atoms with Crippen LogP contribution < -0.4 is 4.57 Å². The van der Waals surface area contributed by atoms with Crippen LogP contribution >= 0.6 is 0 Å². The molecule has 2 aromatic heterocycles. The van der Waals surface area contributed by atoms with Crippen molar-refractivity contribution < 1.29 is 40.8 Å². The average Bonchev–Trinajstić information content (AvgIpc) is 2.93. The van der Waals surface area contributed by atoms with Crippen molar-refractivity contribution in [1.82, 2.24) is 4.98 Å². The number of hydrogen-bond acceptors (Lipinski definition) is 3. The summed E-state index contributed by atoms with van der Waals surface area (Å²) in [6.07, 6.45) is -3.32. The summed E-state index contributed by atoms with van der Waals surface area (Å²) in [5.41, 5.74) is -3.92. The van der Waals surface area contributed by atoms with Crippen molar-refractivity contribution >= 4 is 5.97 Å². The Kier molecular flexibility index (Phi) is 11.5. The summed E-state index contributed by atoms with van der Waals surface area (Å²) in [6.45, 7) is 15.5. The second kappa shape index (κ2) is 13.3. The summed E-state index contributed by atoms with van der Waals surface area (Å²) in [7, 11) is 0. The van der Waals surface area contributed by atoms with Crippen LogP contribution in [0.5, 0.6) is 0 Å². The zero-order chi connectivity index (χ0) is 31.1. The van der Waals surface area contributed by atoms with E-state index >= 15 is 0 Å². The minimum Gasteiger partial charge on any atom is -0.246 e. The summed E-state index contributed by atoms with van der Waals surface area (Å²) in [4.78, 5) is 19.4. The number of rotatable bonds is 6. The molecular formula is C30H37F6N2O2+. The average molecular weight is 572 g/mol. The number of alkyl halides is 5. The first kappa shape index (κ1) is 34.6. The molecule has 0 saturated carbocycles. The molecule has 0 bridgehead atoms. The van der Waals surface area contributed by atoms with Gasteiger partial charge in [-0.25, -0.2) is 14.7 Å². The van der Waals surface area contributed by atoms with Gasteiger partial charge in [0, 0.05) is 43.0 Å². The zero-order valence-electron chi connectivity index (χ0n) is 24.3. The molecule has 2 heterocycles. The summed E-state index contributed by atoms with van der Waals surface area (Å²) in [5, 5.41) is 0. The van der Waals surface area contributed by atoms with E-state index in [4.69, 9.17) is 0 Å². The van der Waals surface area contributed by atoms with Crippen molar-refractivity contribution in [1.29, 1.82) is 0 Å². The second-order valence-electron chi connectivity index (χ2n) is 9.56. The highest BCUT2D eigenvalue weighted by atomic mass is 19.4. The van der Waals surface area contributed by atoms with Crippen molar-refractivity contribution in [3.8, 4) is 11.3 Å². The Morgan fingerprint density at radius 1 is 0.825 bits per heavy atom. The Bertz CT molecular complexity index is 1250. The van der Waals surface area contributed by atoms with Crippen molar-refractivity contribution in [3.05, 3.63) is 83.3 Å². The lowest BCUT2D eigenvalue weighted by molar-refractivity contribution is -0.769. The fourth-order valence-corrected chi connectivity index (χ4v) is 4.08. The molecule has 0 atom stereocenters. The van der Waals surface area contributed by atoms with E-state index in [0.29, 0.717) is 18.6 Å². The van der Waals surface area contributed by atoms with Crippen molar-refractivity contribution in [2.45, 2.75) is 85.4 Å². The normalized spacial score (nSPS) is 12.0. The lowest BCUT2D eigenvalue weighted by atomic mass is 9.67. The molecule has 0 saturated heterocycles. The first-order valence-corrected chi connectivity index (χ1v) is 12.9. The van der Waals surface area contributed by atoms with Crippen molar-refractivity contribution in [2.75, 3.05) is 0 Å². The number of pyridine rings is 2. The molecule has 1 aromatic carbocycles. The maximum absolute atomic E-state index is 14.1. The molecule has 40 heavy (non-hydrogen) atoms. The number of carbonyl (C=O) groups excluding carboxylic acids is 1. The molecule has 4 nitrogen and oxygen atoms in total. The molecule has 3 aromatic rings. The summed E-state index contributed by atoms with van der Waals surface area (Å²) >= 11 is 0. The molecule has 0 radical (unpaired) electrons. The van der Waals surface area contributed by atoms with E-state index in [9.17, 15) is 31.3 Å². The predicted molar refractivity (Wildman–Crippen MR) is 142 cm³/mol. The Labute approximate surface area is 231 Å². The van der Waals surface area contributed by atoms with Gasteiger partial charge in [-0.1, -0.05) is 52.0 Å². The van der Waals surface area contributed by atoms with Crippen LogP contribution in [-0.4, -0.2) is 11.0 Å². The number of benzene rings is 1. The summed E-state index contributed by atoms with van der Waals surface area (Å²) < 4.78 is 83.3. The lowest BCUT2D eigenvalue weighted by Crippen LogP contribution is -2.64. The highest BCUT2D eigenvalue weighted by Crippen LogP contribution is 2.43. The molecule has 0 fully saturated rings. The van der Waals surface area contributed by atoms with Crippen LogP contribution in [0.1, 0.15) is 89.6 Å². The zero-order valence-corrected chi connectivity index (χ0v) is 24.3. The first-order chi connectivity index (χ1) is 18.5. The molecule has 0 aliphatic heterocycles. The first-order valence-electron chi connectivity index (χ1n) is 12.9. The quantitative estimate of drug-likeness (QED) is 0.219. The van der Waals surface area contributed by atoms with Gasteiger partial charge in [-0.15, -0.1) is 0 Å². The van der Waals surface area contributed by atoms with Gasteiger partial charge in [0.25, 0.3) is 11.6 Å². The topological polar surface area (TPSA) is 43.1 Å². The Hall–Kier alpha value is -3.43. The summed E-state index contributed by atoms with van der Waals surface area (Å²) in [6, 6.07) is 12.0. The smallest absolute Gasteiger partial charge is 0.246 e. The SMILES string of the molecule is CC.CC.CC(F)(F)c1cc(C(F)(F)F)cc(-c2ccccc2C(C)(C)C(C)(C)[n+]2ccccc2C(=O)OF)n1. The third kappa shape index (κ3) is 7.20. The van der Waals surface area contributed by atoms with Crippen LogP contribution in [0, 0.1) is 0 Å². The number of aromatic nitrogens is 2. The largest absolute Gasteiger partial charge is 0.442 e. The van der Waals surface area contributed by atoms with Crippen LogP contribution in [0.4, 0.5) is 26.5 Å². The lowest BCUT2D eigenvalue weighted by Gasteiger charge is -2.38. The maximum Gasteiger partial charge on any atom is 0.442 e. The standard InChI is InChI=1S/C26H25F6N2O2.2C2H6/c1-23(2,24(3,4)34-13-9-8-12-20(34)22(35)36-32)18-11-7-6-10-17(18)19-14-16(26(29,30)31)15-21(33-19)25(5,27)28;2*1-2/h6-15H,1-5H3;2*1-2H3/q+1;;. The molecule has 220 valence electrons. The van der Waals surface area contributed by atoms with Crippen molar-refractivity contribution in [3.63, 3.8) is 0 Å². The number of carbonyl (C=O) groups is 1. The fourth-order valence-electron chi connectivity index (χ4n) is 4.08. The van der Waals surface area contributed by atoms with Gasteiger partial charge in [0.1, 0.15) is 5.69 Å². The van der Waals surface area contributed by atoms with Gasteiger partial charge in [0.05, 0.1) is 16.7 Å². The molecule has 0 aliphatic carbocycles. The van der Waals surface area contributed by atoms with E-state index in [1.807, 2.05) is 27.7 Å². The van der Waals surface area contributed by atoms with E-state index in [-0.39, 0.29) is 17.0 Å². The Balaban J connectivity index is 0.00000191. The van der Waals surface area contributed by atoms with Gasteiger partial charge >= 0.3 is 12.1 Å². The fraction of sp³-hybridized carbons (Fsp3) is 0.433. The van der Waals surface area contributed by atoms with E-state index in [2.05, 4.69) is 9.93 Å². The van der Waals surface area contributed by atoms with Gasteiger partial charge in [-0.05, 0) is 37.6 Å². The van der Waals surface area contributed by atoms with E-state index in [0.717, 1.165) is 6.07 Å². The minimum atomic E-state index is -4.87. The molecular weight excluding hydrogens is 534 g/mol. The van der Waals surface area contributed by atoms with Gasteiger partial charge in [-0.2, -0.15) is 26.5 Å². The van der Waals surface area contributed by atoms with Crippen LogP contribution in [0.2, 0.25) is 0 Å². The molecule has 10 heteroatoms. The second-order valence-corrected chi connectivity index (χ2v) is 9.56. The third-order valence-corrected chi connectivity index (χ3v) is 6.75. The predicted octanol–water partition coefficient (Wildman–Crippen LogP) is 8.97. The minimum absolute atomic E-state index is 0.0966. The number of hydrogen-bond donors (Lipinski definition) is 0. The van der Waals surface area contributed by atoms with Gasteiger partial charge < -0.3 is 0 Å². The van der Waals surface area contributed by atoms with E-state index in [1.165, 1.54) is 22.8 Å². The maximum atomic E-state index is 14.1. The van der Waals surface area contributed by atoms with Crippen molar-refractivity contribution in [2.24, 2.45) is 0 Å². The van der Waals surface area contributed by atoms with E-state index in [1.54, 1.807) is 58.2 Å². The molecule has 0 spiro atoms. The molecule has 3 rings (SSSR count). The monoisotopic (exact) mass is 571 g/mol. The van der Waals surface area contributed by atoms with Crippen LogP contribution in [-0.2, 0) is 28.0 Å². The summed E-state index contributed by atoms with van der Waals surface area (Å²) in [5.74, 6) is -4.83. The Morgan fingerprint density at radius 2 is 1.38 bits per heavy atom. The number of nitrogens with zero attached hydrogens (tertiary/aromatic N) is 2. The van der Waals surface area contributed by atoms with Gasteiger partial charge in [0.15, 0.2) is 11.7 Å². The third-order valence-electron chi connectivity index (χ3n) is 6.75. The number of halogens is 6. The molecule has 0 amide bonds. The highest BCUT2D eigenvalue weighted by molar-refractivity contribution is 5.85. The highest BCUT2D eigenvalue weighted by Gasteiger charge is 2.50. The molecule has 0 N–H and O–H groups in total. The van der Waals surface area contributed by atoms with Crippen LogP contribution in [0.15, 0.2) is 60.8 Å². The molecule has 0 aliphatic rings. The van der Waals surface area contributed by atoms with Crippen LogP contribution in [0.3, 0.4) is 0 Å². The van der Waals surface area contributed by atoms with Crippen LogP contribution in [0.25, 0.3) is 11.3 Å².